The van der Waals surface area contributed by atoms with E-state index >= 15 is 0 Å². The zero-order valence-electron chi connectivity index (χ0n) is 17.2. The molecule has 0 aliphatic carbocycles. The lowest BCUT2D eigenvalue weighted by molar-refractivity contribution is -0.131. The highest BCUT2D eigenvalue weighted by molar-refractivity contribution is 6.10. The summed E-state index contributed by atoms with van der Waals surface area (Å²) in [4.78, 5) is 44.2. The Bertz CT molecular complexity index is 926. The van der Waals surface area contributed by atoms with Crippen LogP contribution in [0.2, 0.25) is 0 Å². The average molecular weight is 414 g/mol. The quantitative estimate of drug-likeness (QED) is 0.401. The highest BCUT2D eigenvalue weighted by Crippen LogP contribution is 2.31. The van der Waals surface area contributed by atoms with E-state index in [0.29, 0.717) is 25.9 Å². The minimum atomic E-state index is -1.06. The third-order valence-corrected chi connectivity index (χ3v) is 5.27. The van der Waals surface area contributed by atoms with E-state index in [1.807, 2.05) is 13.8 Å². The van der Waals surface area contributed by atoms with Crippen LogP contribution in [-0.4, -0.2) is 64.8 Å². The molecule has 3 heterocycles. The number of anilines is 1. The van der Waals surface area contributed by atoms with Crippen LogP contribution < -0.4 is 15.5 Å². The fourth-order valence-corrected chi connectivity index (χ4v) is 3.41. The Kier molecular flexibility index (Phi) is 5.88. The van der Waals surface area contributed by atoms with E-state index in [2.05, 4.69) is 15.6 Å². The molecule has 3 amide bonds. The van der Waals surface area contributed by atoms with Crippen molar-refractivity contribution in [2.24, 2.45) is 5.41 Å². The monoisotopic (exact) mass is 414 g/mol. The number of pyridine rings is 1. The van der Waals surface area contributed by atoms with Gasteiger partial charge in [0.15, 0.2) is 5.84 Å². The number of nitrogens with one attached hydrogen (secondary N) is 3. The number of hydrogen-bond acceptors (Lipinski definition) is 7. The molecule has 3 rings (SSSR count). The van der Waals surface area contributed by atoms with Crippen LogP contribution in [0.15, 0.2) is 30.1 Å². The smallest absolute Gasteiger partial charge is 0.274 e. The van der Waals surface area contributed by atoms with Gasteiger partial charge in [-0.15, -0.1) is 0 Å². The number of carbonyl (C=O) groups is 3. The Balaban J connectivity index is 1.77. The van der Waals surface area contributed by atoms with Crippen molar-refractivity contribution < 1.29 is 19.5 Å². The van der Waals surface area contributed by atoms with Gasteiger partial charge in [-0.1, -0.05) is 19.9 Å². The molecule has 4 N–H and O–H groups in total. The lowest BCUT2D eigenvalue weighted by Gasteiger charge is -2.22. The lowest BCUT2D eigenvalue weighted by atomic mass is 9.92. The van der Waals surface area contributed by atoms with Crippen molar-refractivity contribution in [1.29, 1.82) is 5.41 Å². The summed E-state index contributed by atoms with van der Waals surface area (Å²) < 4.78 is 0. The summed E-state index contributed by atoms with van der Waals surface area (Å²) in [5.41, 5.74) is -0.373. The van der Waals surface area contributed by atoms with Crippen molar-refractivity contribution >= 4 is 29.4 Å². The highest BCUT2D eigenvalue weighted by atomic mass is 16.3. The molecule has 0 radical (unpaired) electrons. The lowest BCUT2D eigenvalue weighted by Crippen LogP contribution is -2.41. The first kappa shape index (κ1) is 21.4. The predicted octanol–water partition coefficient (Wildman–Crippen LogP) is 0.206. The maximum atomic E-state index is 12.8. The molecule has 10 heteroatoms. The molecule has 2 fully saturated rings. The normalized spacial score (nSPS) is 21.2. The number of aliphatic hydroxyl groups excluding tert-OH is 1. The molecule has 1 aromatic heterocycles. The predicted molar refractivity (Wildman–Crippen MR) is 110 cm³/mol. The van der Waals surface area contributed by atoms with Crippen LogP contribution in [-0.2, 0) is 9.59 Å². The Morgan fingerprint density at radius 3 is 2.63 bits per heavy atom. The third kappa shape index (κ3) is 4.04. The largest absolute Gasteiger partial charge is 0.392 e. The van der Waals surface area contributed by atoms with Gasteiger partial charge >= 0.3 is 0 Å². The first-order valence-corrected chi connectivity index (χ1v) is 9.72. The summed E-state index contributed by atoms with van der Waals surface area (Å²) in [5.74, 6) is -1.04. The van der Waals surface area contributed by atoms with Gasteiger partial charge in [-0.2, -0.15) is 0 Å². The van der Waals surface area contributed by atoms with E-state index < -0.39 is 23.3 Å². The number of carbonyl (C=O) groups excluding carboxylic acids is 3. The van der Waals surface area contributed by atoms with Crippen molar-refractivity contribution in [3.63, 3.8) is 0 Å². The summed E-state index contributed by atoms with van der Waals surface area (Å²) in [5, 5.41) is 23.5. The Morgan fingerprint density at radius 1 is 1.33 bits per heavy atom. The minimum absolute atomic E-state index is 0.0459. The summed E-state index contributed by atoms with van der Waals surface area (Å²) in [6.45, 7) is 4.37. The first-order valence-electron chi connectivity index (χ1n) is 9.72. The Hall–Kier alpha value is -3.27. The third-order valence-electron chi connectivity index (χ3n) is 5.27. The summed E-state index contributed by atoms with van der Waals surface area (Å²) >= 11 is 0. The molecule has 1 unspecified atom stereocenters. The first-order chi connectivity index (χ1) is 14.2. The molecule has 30 heavy (non-hydrogen) atoms. The molecule has 160 valence electrons. The number of nitrogens with zero attached hydrogens (tertiary/aromatic N) is 3. The second-order valence-corrected chi connectivity index (χ2v) is 7.92. The van der Waals surface area contributed by atoms with Gasteiger partial charge in [0.1, 0.15) is 17.6 Å². The summed E-state index contributed by atoms with van der Waals surface area (Å²) in [6, 6.07) is 4.67. The number of amidine groups is 1. The van der Waals surface area contributed by atoms with Crippen LogP contribution in [0.4, 0.5) is 5.82 Å². The molecule has 2 aliphatic heterocycles. The van der Waals surface area contributed by atoms with Gasteiger partial charge < -0.3 is 15.7 Å². The molecular weight excluding hydrogens is 388 g/mol. The average Bonchev–Trinajstić information content (AvgIpc) is 3.19. The van der Waals surface area contributed by atoms with E-state index in [1.54, 1.807) is 19.2 Å². The van der Waals surface area contributed by atoms with Gasteiger partial charge in [-0.25, -0.2) is 4.98 Å². The number of aliphatic hydroxyl groups is 1. The van der Waals surface area contributed by atoms with E-state index in [4.69, 9.17) is 5.41 Å². The van der Waals surface area contributed by atoms with Gasteiger partial charge in [0.05, 0.1) is 5.70 Å². The van der Waals surface area contributed by atoms with Crippen molar-refractivity contribution in [3.8, 4) is 0 Å². The number of aromatic nitrogens is 1. The van der Waals surface area contributed by atoms with Gasteiger partial charge in [0.2, 0.25) is 5.91 Å². The summed E-state index contributed by atoms with van der Waals surface area (Å²) in [6.07, 6.45) is 1.30. The zero-order chi connectivity index (χ0) is 22.1. The second kappa shape index (κ2) is 8.23. The zero-order valence-corrected chi connectivity index (χ0v) is 17.2. The van der Waals surface area contributed by atoms with Crippen LogP contribution >= 0.6 is 0 Å². The van der Waals surface area contributed by atoms with E-state index in [0.717, 1.165) is 0 Å². The van der Waals surface area contributed by atoms with Crippen LogP contribution in [0.25, 0.3) is 0 Å². The standard InChI is InChI=1S/C20H26N6O4/c1-20(2)8-10-26(19(20)30)16(21)13(11-22-3)24-17(28)12-5-4-6-15(23-12)25-9-7-14(27)18(25)29/h4-6,11,14,21-22,27H,7-10H2,1-3H3,(H,24,28)/b13-11+,21-16?. The number of likely N-dealkylation sites (tertiary alicyclic amines) is 1. The van der Waals surface area contributed by atoms with Gasteiger partial charge in [0, 0.05) is 38.2 Å². The van der Waals surface area contributed by atoms with Gasteiger partial charge in [-0.05, 0) is 18.6 Å². The number of hydrogen-bond donors (Lipinski definition) is 4. The molecule has 0 aromatic carbocycles. The van der Waals surface area contributed by atoms with Crippen molar-refractivity contribution in [3.05, 3.63) is 35.8 Å². The molecule has 0 bridgehead atoms. The van der Waals surface area contributed by atoms with Crippen LogP contribution in [0.1, 0.15) is 37.2 Å². The fraction of sp³-hybridized carbons (Fsp3) is 0.450. The van der Waals surface area contributed by atoms with Crippen molar-refractivity contribution in [2.45, 2.75) is 32.8 Å². The van der Waals surface area contributed by atoms with Crippen LogP contribution in [0.3, 0.4) is 0 Å². The maximum Gasteiger partial charge on any atom is 0.274 e. The minimum Gasteiger partial charge on any atom is -0.392 e. The molecule has 2 aliphatic rings. The molecule has 1 atom stereocenters. The van der Waals surface area contributed by atoms with E-state index in [-0.39, 0.29) is 29.0 Å². The van der Waals surface area contributed by atoms with E-state index in [1.165, 1.54) is 22.1 Å². The molecule has 10 nitrogen and oxygen atoms in total. The molecule has 0 saturated carbocycles. The Labute approximate surface area is 174 Å². The van der Waals surface area contributed by atoms with Crippen LogP contribution in [0.5, 0.6) is 0 Å². The second-order valence-electron chi connectivity index (χ2n) is 7.92. The SMILES string of the molecule is CN/C=C(/NC(=O)c1cccc(N2CCC(O)C2=O)n1)C(=N)N1CCC(C)(C)C1=O. The fourth-order valence-electron chi connectivity index (χ4n) is 3.41. The molecule has 0 spiro atoms. The highest BCUT2D eigenvalue weighted by Gasteiger charge is 2.41. The van der Waals surface area contributed by atoms with Gasteiger partial charge in [-0.3, -0.25) is 29.6 Å². The van der Waals surface area contributed by atoms with E-state index in [9.17, 15) is 19.5 Å². The van der Waals surface area contributed by atoms with Crippen molar-refractivity contribution in [2.75, 3.05) is 25.0 Å². The molecule has 2 saturated heterocycles. The summed E-state index contributed by atoms with van der Waals surface area (Å²) in [7, 11) is 1.62. The Morgan fingerprint density at radius 2 is 2.07 bits per heavy atom. The number of rotatable bonds is 5. The van der Waals surface area contributed by atoms with Crippen molar-refractivity contribution in [1.82, 2.24) is 20.5 Å². The van der Waals surface area contributed by atoms with Crippen LogP contribution in [0, 0.1) is 10.8 Å². The topological polar surface area (TPSA) is 139 Å². The number of amides is 3. The molecule has 1 aromatic rings. The molecular formula is C20H26N6O4. The maximum absolute atomic E-state index is 12.8. The van der Waals surface area contributed by atoms with Gasteiger partial charge in [0.25, 0.3) is 11.8 Å².